The minimum Gasteiger partial charge on any atom is -0.316 e. The molecule has 1 unspecified atom stereocenters. The summed E-state index contributed by atoms with van der Waals surface area (Å²) < 4.78 is 1.16. The van der Waals surface area contributed by atoms with Crippen LogP contribution in [0.5, 0.6) is 0 Å². The van der Waals surface area contributed by atoms with Crippen molar-refractivity contribution in [3.8, 4) is 0 Å². The molecule has 0 bridgehead atoms. The van der Waals surface area contributed by atoms with Crippen molar-refractivity contribution in [2.24, 2.45) is 5.41 Å². The molecule has 1 aromatic rings. The topological polar surface area (TPSA) is 12.0 Å². The Morgan fingerprint density at radius 3 is 2.53 bits per heavy atom. The minimum atomic E-state index is 0.424. The smallest absolute Gasteiger partial charge is 0.0175 e. The molecule has 2 atom stereocenters. The molecule has 15 heavy (non-hydrogen) atoms. The summed E-state index contributed by atoms with van der Waals surface area (Å²) in [6.45, 7) is 7.04. The van der Waals surface area contributed by atoms with Crippen LogP contribution in [0.25, 0.3) is 0 Å². The third-order valence-electron chi connectivity index (χ3n) is 3.82. The van der Waals surface area contributed by atoms with Gasteiger partial charge in [0, 0.05) is 11.0 Å². The molecule has 2 heteroatoms. The average molecular weight is 268 g/mol. The summed E-state index contributed by atoms with van der Waals surface area (Å²) in [6, 6.07) is 8.74. The first kappa shape index (κ1) is 11.2. The fourth-order valence-electron chi connectivity index (χ4n) is 2.36. The largest absolute Gasteiger partial charge is 0.316 e. The van der Waals surface area contributed by atoms with Gasteiger partial charge in [-0.1, -0.05) is 41.9 Å². The third-order valence-corrected chi connectivity index (χ3v) is 4.35. The van der Waals surface area contributed by atoms with E-state index >= 15 is 0 Å². The van der Waals surface area contributed by atoms with Crippen molar-refractivity contribution in [2.45, 2.75) is 26.2 Å². The van der Waals surface area contributed by atoms with Crippen LogP contribution in [-0.4, -0.2) is 13.1 Å². The number of benzene rings is 1. The van der Waals surface area contributed by atoms with Crippen LogP contribution < -0.4 is 5.32 Å². The van der Waals surface area contributed by atoms with Crippen LogP contribution in [0.2, 0.25) is 0 Å². The number of rotatable bonds is 2. The molecule has 1 fully saturated rings. The van der Waals surface area contributed by atoms with Gasteiger partial charge in [-0.15, -0.1) is 0 Å². The number of halogens is 1. The van der Waals surface area contributed by atoms with Crippen LogP contribution in [0.3, 0.4) is 0 Å². The Hall–Kier alpha value is -0.340. The summed E-state index contributed by atoms with van der Waals surface area (Å²) in [5, 5.41) is 3.47. The first-order valence-corrected chi connectivity index (χ1v) is 6.37. The lowest BCUT2D eigenvalue weighted by atomic mass is 9.74. The van der Waals surface area contributed by atoms with Crippen LogP contribution >= 0.6 is 15.9 Å². The summed E-state index contributed by atoms with van der Waals surface area (Å²) >= 11 is 3.48. The Balaban J connectivity index is 2.19. The molecule has 2 rings (SSSR count). The van der Waals surface area contributed by atoms with Crippen molar-refractivity contribution in [3.63, 3.8) is 0 Å². The van der Waals surface area contributed by atoms with E-state index in [1.165, 1.54) is 12.0 Å². The second kappa shape index (κ2) is 4.26. The van der Waals surface area contributed by atoms with Gasteiger partial charge in [0.25, 0.3) is 0 Å². The molecule has 0 radical (unpaired) electrons. The summed E-state index contributed by atoms with van der Waals surface area (Å²) in [5.74, 6) is 0.626. The second-order valence-corrected chi connectivity index (χ2v) is 5.77. The van der Waals surface area contributed by atoms with Crippen LogP contribution in [0, 0.1) is 5.41 Å². The summed E-state index contributed by atoms with van der Waals surface area (Å²) in [5.41, 5.74) is 1.87. The zero-order chi connectivity index (χ0) is 10.9. The van der Waals surface area contributed by atoms with Gasteiger partial charge in [0.15, 0.2) is 0 Å². The maximum Gasteiger partial charge on any atom is 0.0175 e. The lowest BCUT2D eigenvalue weighted by Gasteiger charge is -2.31. The first-order valence-electron chi connectivity index (χ1n) is 5.58. The van der Waals surface area contributed by atoms with Crippen LogP contribution in [0.15, 0.2) is 28.7 Å². The van der Waals surface area contributed by atoms with E-state index in [4.69, 9.17) is 0 Å². The van der Waals surface area contributed by atoms with E-state index in [2.05, 4.69) is 59.4 Å². The molecule has 0 aromatic heterocycles. The van der Waals surface area contributed by atoms with Crippen LogP contribution in [-0.2, 0) is 0 Å². The van der Waals surface area contributed by atoms with Crippen molar-refractivity contribution < 1.29 is 0 Å². The number of hydrogen-bond donors (Lipinski definition) is 1. The van der Waals surface area contributed by atoms with Gasteiger partial charge >= 0.3 is 0 Å². The number of nitrogens with one attached hydrogen (secondary N) is 1. The van der Waals surface area contributed by atoms with Crippen molar-refractivity contribution in [1.82, 2.24) is 5.32 Å². The quantitative estimate of drug-likeness (QED) is 0.864. The highest BCUT2D eigenvalue weighted by Crippen LogP contribution is 2.40. The average Bonchev–Trinajstić information content (AvgIpc) is 2.67. The molecule has 0 spiro atoms. The van der Waals surface area contributed by atoms with Gasteiger partial charge in [-0.25, -0.2) is 0 Å². The minimum absolute atomic E-state index is 0.424. The second-order valence-electron chi connectivity index (χ2n) is 4.85. The highest BCUT2D eigenvalue weighted by molar-refractivity contribution is 9.10. The fourth-order valence-corrected chi connectivity index (χ4v) is 2.62. The predicted octanol–water partition coefficient (Wildman–Crippen LogP) is 3.55. The van der Waals surface area contributed by atoms with Gasteiger partial charge in [-0.05, 0) is 42.0 Å². The van der Waals surface area contributed by atoms with Crippen LogP contribution in [0.4, 0.5) is 0 Å². The van der Waals surface area contributed by atoms with E-state index in [0.29, 0.717) is 11.3 Å². The van der Waals surface area contributed by atoms with E-state index in [0.717, 1.165) is 17.6 Å². The fraction of sp³-hybridized carbons (Fsp3) is 0.538. The number of hydrogen-bond acceptors (Lipinski definition) is 1. The lowest BCUT2D eigenvalue weighted by molar-refractivity contribution is 0.300. The summed E-state index contributed by atoms with van der Waals surface area (Å²) in [4.78, 5) is 0. The van der Waals surface area contributed by atoms with Crippen molar-refractivity contribution >= 4 is 15.9 Å². The molecule has 1 aromatic carbocycles. The lowest BCUT2D eigenvalue weighted by Crippen LogP contribution is -2.26. The molecular weight excluding hydrogens is 250 g/mol. The van der Waals surface area contributed by atoms with Gasteiger partial charge in [0.2, 0.25) is 0 Å². The Morgan fingerprint density at radius 2 is 2.00 bits per heavy atom. The highest BCUT2D eigenvalue weighted by atomic mass is 79.9. The maximum atomic E-state index is 3.48. The molecule has 1 aliphatic rings. The zero-order valence-corrected chi connectivity index (χ0v) is 11.0. The zero-order valence-electron chi connectivity index (χ0n) is 9.39. The summed E-state index contributed by atoms with van der Waals surface area (Å²) in [7, 11) is 0. The van der Waals surface area contributed by atoms with Crippen LogP contribution in [0.1, 0.15) is 31.7 Å². The standard InChI is InChI=1S/C13H18BrN/c1-10(13(2)7-8-15-9-13)11-3-5-12(14)6-4-11/h3-6,10,15H,7-9H2,1-2H3/t10?,13-/m1/s1. The van der Waals surface area contributed by atoms with Gasteiger partial charge in [-0.2, -0.15) is 0 Å². The SMILES string of the molecule is CC(c1ccc(Br)cc1)[C@]1(C)CCNC1. The Morgan fingerprint density at radius 1 is 1.33 bits per heavy atom. The molecule has 0 saturated carbocycles. The van der Waals surface area contributed by atoms with E-state index < -0.39 is 0 Å². The molecule has 0 amide bonds. The Kier molecular flexibility index (Phi) is 3.17. The normalized spacial score (nSPS) is 27.9. The molecule has 1 saturated heterocycles. The molecule has 1 aliphatic heterocycles. The Bertz CT molecular complexity index is 325. The third kappa shape index (κ3) is 2.26. The van der Waals surface area contributed by atoms with Gasteiger partial charge in [-0.3, -0.25) is 0 Å². The van der Waals surface area contributed by atoms with Crippen molar-refractivity contribution in [1.29, 1.82) is 0 Å². The van der Waals surface area contributed by atoms with E-state index in [1.807, 2.05) is 0 Å². The van der Waals surface area contributed by atoms with Crippen molar-refractivity contribution in [2.75, 3.05) is 13.1 Å². The molecular formula is C13H18BrN. The molecule has 0 aliphatic carbocycles. The maximum absolute atomic E-state index is 3.48. The highest BCUT2D eigenvalue weighted by Gasteiger charge is 2.34. The predicted molar refractivity (Wildman–Crippen MR) is 68.2 cm³/mol. The van der Waals surface area contributed by atoms with Gasteiger partial charge in [0.1, 0.15) is 0 Å². The van der Waals surface area contributed by atoms with Crippen molar-refractivity contribution in [3.05, 3.63) is 34.3 Å². The van der Waals surface area contributed by atoms with E-state index in [1.54, 1.807) is 0 Å². The van der Waals surface area contributed by atoms with Gasteiger partial charge in [0.05, 0.1) is 0 Å². The van der Waals surface area contributed by atoms with E-state index in [9.17, 15) is 0 Å². The monoisotopic (exact) mass is 267 g/mol. The van der Waals surface area contributed by atoms with E-state index in [-0.39, 0.29) is 0 Å². The van der Waals surface area contributed by atoms with Gasteiger partial charge < -0.3 is 5.32 Å². The first-order chi connectivity index (χ1) is 7.12. The molecule has 82 valence electrons. The molecule has 1 nitrogen and oxygen atoms in total. The summed E-state index contributed by atoms with van der Waals surface area (Å²) in [6.07, 6.45) is 1.28. The molecule has 1 heterocycles. The Labute approximate surface area is 100 Å². The molecule has 1 N–H and O–H groups in total.